The van der Waals surface area contributed by atoms with E-state index < -0.39 is 0 Å². The number of morpholine rings is 1. The van der Waals surface area contributed by atoms with Gasteiger partial charge in [-0.15, -0.1) is 0 Å². The Kier molecular flexibility index (Phi) is 6.85. The van der Waals surface area contributed by atoms with E-state index in [1.165, 1.54) is 24.3 Å². The maximum Gasteiger partial charge on any atom is 0.254 e. The van der Waals surface area contributed by atoms with Crippen LogP contribution in [0.5, 0.6) is 0 Å². The first-order chi connectivity index (χ1) is 15.6. The Balaban J connectivity index is 1.73. The minimum absolute atomic E-state index is 0.0244. The Labute approximate surface area is 187 Å². The summed E-state index contributed by atoms with van der Waals surface area (Å²) in [5, 5.41) is 4.40. The molecule has 0 N–H and O–H groups in total. The molecule has 2 aromatic carbocycles. The molecule has 0 saturated carbocycles. The van der Waals surface area contributed by atoms with Crippen LogP contribution in [0.15, 0.2) is 59.1 Å². The van der Waals surface area contributed by atoms with Crippen LogP contribution in [0.3, 0.4) is 0 Å². The lowest BCUT2D eigenvalue weighted by molar-refractivity contribution is 0.0671. The summed E-state index contributed by atoms with van der Waals surface area (Å²) < 4.78 is 24.8. The van der Waals surface area contributed by atoms with Crippen molar-refractivity contribution < 1.29 is 18.4 Å². The second-order valence-corrected chi connectivity index (χ2v) is 7.98. The van der Waals surface area contributed by atoms with Crippen LogP contribution in [0.25, 0.3) is 11.3 Å². The third-order valence-electron chi connectivity index (χ3n) is 5.92. The molecule has 3 aromatic rings. The number of benzene rings is 2. The predicted octanol–water partition coefficient (Wildman–Crippen LogP) is 4.76. The van der Waals surface area contributed by atoms with Crippen molar-refractivity contribution in [2.45, 2.75) is 32.9 Å². The van der Waals surface area contributed by atoms with E-state index in [0.717, 1.165) is 23.2 Å². The predicted molar refractivity (Wildman–Crippen MR) is 121 cm³/mol. The Morgan fingerprint density at radius 3 is 2.47 bits per heavy atom. The van der Waals surface area contributed by atoms with Crippen LogP contribution in [0, 0.1) is 5.82 Å². The van der Waals surface area contributed by atoms with Gasteiger partial charge in [-0.25, -0.2) is 4.39 Å². The van der Waals surface area contributed by atoms with Gasteiger partial charge in [0.1, 0.15) is 11.5 Å². The second kappa shape index (κ2) is 9.96. The Hall–Kier alpha value is -3.19. The van der Waals surface area contributed by atoms with Crippen molar-refractivity contribution in [1.82, 2.24) is 10.1 Å². The van der Waals surface area contributed by atoms with Gasteiger partial charge in [0.15, 0.2) is 0 Å². The number of rotatable bonds is 7. The molecule has 1 atom stereocenters. The van der Waals surface area contributed by atoms with Crippen molar-refractivity contribution in [3.05, 3.63) is 71.5 Å². The number of hydrogen-bond acceptors (Lipinski definition) is 5. The van der Waals surface area contributed by atoms with Crippen molar-refractivity contribution in [2.24, 2.45) is 0 Å². The third-order valence-corrected chi connectivity index (χ3v) is 5.92. The Morgan fingerprint density at radius 1 is 1.12 bits per heavy atom. The molecule has 0 radical (unpaired) electrons. The van der Waals surface area contributed by atoms with Crippen LogP contribution >= 0.6 is 0 Å². The molecule has 1 aliphatic rings. The molecule has 7 heteroatoms. The van der Waals surface area contributed by atoms with Gasteiger partial charge in [0.25, 0.3) is 5.91 Å². The van der Waals surface area contributed by atoms with E-state index in [1.54, 1.807) is 0 Å². The zero-order valence-electron chi connectivity index (χ0n) is 18.5. The van der Waals surface area contributed by atoms with Gasteiger partial charge in [-0.3, -0.25) is 4.79 Å². The maximum absolute atomic E-state index is 13.4. The highest BCUT2D eigenvalue weighted by Crippen LogP contribution is 2.34. The number of amides is 1. The van der Waals surface area contributed by atoms with Gasteiger partial charge >= 0.3 is 0 Å². The topological polar surface area (TPSA) is 58.8 Å². The zero-order valence-corrected chi connectivity index (χ0v) is 18.5. The number of carbonyl (C=O) groups is 1. The van der Waals surface area contributed by atoms with Crippen LogP contribution in [0.4, 0.5) is 10.3 Å². The molecule has 0 spiro atoms. The summed E-state index contributed by atoms with van der Waals surface area (Å²) >= 11 is 0. The highest BCUT2D eigenvalue weighted by Gasteiger charge is 2.29. The van der Waals surface area contributed by atoms with Crippen LogP contribution in [0.1, 0.15) is 36.2 Å². The van der Waals surface area contributed by atoms with Gasteiger partial charge in [-0.1, -0.05) is 42.4 Å². The lowest BCUT2D eigenvalue weighted by Crippen LogP contribution is -2.39. The SMILES string of the molecule is CC[C@@H](C)N(Cc1c(-c2ccccc2)noc1N1CCOCC1)C(=O)c1ccc(F)cc1. The molecule has 1 aromatic heterocycles. The minimum atomic E-state index is -0.364. The monoisotopic (exact) mass is 437 g/mol. The van der Waals surface area contributed by atoms with E-state index in [1.807, 2.05) is 49.1 Å². The van der Waals surface area contributed by atoms with Crippen LogP contribution in [0.2, 0.25) is 0 Å². The fourth-order valence-corrected chi connectivity index (χ4v) is 3.86. The molecular weight excluding hydrogens is 409 g/mol. The molecule has 1 aliphatic heterocycles. The lowest BCUT2D eigenvalue weighted by atomic mass is 10.0. The van der Waals surface area contributed by atoms with Gasteiger partial charge in [0.05, 0.1) is 25.3 Å². The fraction of sp³-hybridized carbons (Fsp3) is 0.360. The van der Waals surface area contributed by atoms with Crippen molar-refractivity contribution in [3.63, 3.8) is 0 Å². The van der Waals surface area contributed by atoms with Crippen molar-refractivity contribution >= 4 is 11.8 Å². The molecule has 1 saturated heterocycles. The summed E-state index contributed by atoms with van der Waals surface area (Å²) in [5.41, 5.74) is 2.99. The second-order valence-electron chi connectivity index (χ2n) is 7.98. The summed E-state index contributed by atoms with van der Waals surface area (Å²) in [5.74, 6) is 0.163. The fourth-order valence-electron chi connectivity index (χ4n) is 3.86. The first kappa shape index (κ1) is 22.0. The van der Waals surface area contributed by atoms with Crippen molar-refractivity contribution in [2.75, 3.05) is 31.2 Å². The van der Waals surface area contributed by atoms with E-state index in [2.05, 4.69) is 10.1 Å². The van der Waals surface area contributed by atoms with E-state index in [-0.39, 0.29) is 17.8 Å². The van der Waals surface area contributed by atoms with E-state index in [4.69, 9.17) is 9.26 Å². The summed E-state index contributed by atoms with van der Waals surface area (Å²) in [6.45, 7) is 7.04. The normalized spacial score (nSPS) is 14.9. The molecule has 2 heterocycles. The van der Waals surface area contributed by atoms with Gasteiger partial charge in [0.2, 0.25) is 5.88 Å². The Bertz CT molecular complexity index is 1030. The molecule has 0 bridgehead atoms. The van der Waals surface area contributed by atoms with E-state index in [9.17, 15) is 9.18 Å². The minimum Gasteiger partial charge on any atom is -0.378 e. The summed E-state index contributed by atoms with van der Waals surface area (Å²) in [4.78, 5) is 17.4. The molecule has 32 heavy (non-hydrogen) atoms. The average molecular weight is 438 g/mol. The summed E-state index contributed by atoms with van der Waals surface area (Å²) in [6.07, 6.45) is 0.784. The number of anilines is 1. The van der Waals surface area contributed by atoms with Crippen LogP contribution in [-0.4, -0.2) is 48.3 Å². The lowest BCUT2D eigenvalue weighted by Gasteiger charge is -2.31. The van der Waals surface area contributed by atoms with Gasteiger partial charge in [0, 0.05) is 30.3 Å². The number of aromatic nitrogens is 1. The first-order valence-electron chi connectivity index (χ1n) is 11.0. The van der Waals surface area contributed by atoms with Gasteiger partial charge < -0.3 is 19.1 Å². The molecule has 4 rings (SSSR count). The van der Waals surface area contributed by atoms with Crippen LogP contribution < -0.4 is 4.90 Å². The Morgan fingerprint density at radius 2 is 1.81 bits per heavy atom. The molecule has 0 unspecified atom stereocenters. The number of carbonyl (C=O) groups excluding carboxylic acids is 1. The first-order valence-corrected chi connectivity index (χ1v) is 11.0. The average Bonchev–Trinajstić information content (AvgIpc) is 3.27. The standard InChI is InChI=1S/C25H28FN3O3/c1-3-18(2)29(24(30)20-9-11-21(26)12-10-20)17-22-23(19-7-5-4-6-8-19)27-32-25(22)28-13-15-31-16-14-28/h4-12,18H,3,13-17H2,1-2H3/t18-/m1/s1. The zero-order chi connectivity index (χ0) is 22.5. The van der Waals surface area contributed by atoms with E-state index in [0.29, 0.717) is 44.3 Å². The summed E-state index contributed by atoms with van der Waals surface area (Å²) in [6, 6.07) is 15.5. The van der Waals surface area contributed by atoms with Gasteiger partial charge in [-0.2, -0.15) is 0 Å². The highest BCUT2D eigenvalue weighted by molar-refractivity contribution is 5.94. The van der Waals surface area contributed by atoms with Gasteiger partial charge in [-0.05, 0) is 37.6 Å². The molecule has 168 valence electrons. The third kappa shape index (κ3) is 4.67. The molecular formula is C25H28FN3O3. The number of ether oxygens (including phenoxy) is 1. The van der Waals surface area contributed by atoms with E-state index >= 15 is 0 Å². The number of halogens is 1. The summed E-state index contributed by atoms with van der Waals surface area (Å²) in [7, 11) is 0. The van der Waals surface area contributed by atoms with Crippen molar-refractivity contribution in [3.8, 4) is 11.3 Å². The molecule has 1 amide bonds. The molecule has 1 fully saturated rings. The highest BCUT2D eigenvalue weighted by atomic mass is 19.1. The molecule has 0 aliphatic carbocycles. The largest absolute Gasteiger partial charge is 0.378 e. The smallest absolute Gasteiger partial charge is 0.254 e. The maximum atomic E-state index is 13.4. The van der Waals surface area contributed by atoms with Crippen molar-refractivity contribution in [1.29, 1.82) is 0 Å². The van der Waals surface area contributed by atoms with Crippen LogP contribution in [-0.2, 0) is 11.3 Å². The number of nitrogens with zero attached hydrogens (tertiary/aromatic N) is 3. The number of hydrogen-bond donors (Lipinski definition) is 0. The molecule has 6 nitrogen and oxygen atoms in total. The quantitative estimate of drug-likeness (QED) is 0.534.